The van der Waals surface area contributed by atoms with Crippen LogP contribution in [0.4, 0.5) is 0 Å². The summed E-state index contributed by atoms with van der Waals surface area (Å²) < 4.78 is 25.0. The molecule has 6 heteroatoms. The van der Waals surface area contributed by atoms with Crippen molar-refractivity contribution in [1.29, 1.82) is 0 Å². The Kier molecular flexibility index (Phi) is 5.17. The van der Waals surface area contributed by atoms with Gasteiger partial charge in [-0.25, -0.2) is 12.7 Å². The van der Waals surface area contributed by atoms with Crippen molar-refractivity contribution in [2.45, 2.75) is 25.9 Å². The summed E-state index contributed by atoms with van der Waals surface area (Å²) in [4.78, 5) is 0. The Balaban J connectivity index is 2.30. The molecule has 0 heterocycles. The van der Waals surface area contributed by atoms with Crippen LogP contribution in [0.15, 0.2) is 0 Å². The lowest BCUT2D eigenvalue weighted by Crippen LogP contribution is -2.41. The fourth-order valence-electron chi connectivity index (χ4n) is 1.86. The van der Waals surface area contributed by atoms with Gasteiger partial charge in [-0.1, -0.05) is 6.92 Å². The molecule has 0 aromatic heterocycles. The van der Waals surface area contributed by atoms with Crippen LogP contribution in [0.3, 0.4) is 0 Å². The van der Waals surface area contributed by atoms with E-state index in [1.165, 1.54) is 4.31 Å². The van der Waals surface area contributed by atoms with Crippen LogP contribution in [0.25, 0.3) is 0 Å². The first-order valence-electron chi connectivity index (χ1n) is 5.78. The van der Waals surface area contributed by atoms with E-state index in [0.29, 0.717) is 19.0 Å². The second-order valence-corrected chi connectivity index (χ2v) is 6.64. The minimum Gasteiger partial charge on any atom is -0.393 e. The third-order valence-corrected chi connectivity index (χ3v) is 4.81. The molecule has 96 valence electrons. The van der Waals surface area contributed by atoms with Crippen molar-refractivity contribution >= 4 is 10.0 Å². The summed E-state index contributed by atoms with van der Waals surface area (Å²) in [5.74, 6) is 0.473. The van der Waals surface area contributed by atoms with Gasteiger partial charge in [-0.3, -0.25) is 0 Å². The lowest BCUT2D eigenvalue weighted by atomic mass is 9.82. The van der Waals surface area contributed by atoms with Crippen molar-refractivity contribution in [2.24, 2.45) is 5.92 Å². The number of rotatable bonds is 7. The highest BCUT2D eigenvalue weighted by Crippen LogP contribution is 2.28. The number of hydrogen-bond acceptors (Lipinski definition) is 4. The first-order chi connectivity index (χ1) is 7.45. The van der Waals surface area contributed by atoms with E-state index >= 15 is 0 Å². The van der Waals surface area contributed by atoms with Crippen LogP contribution in [0.5, 0.6) is 0 Å². The van der Waals surface area contributed by atoms with E-state index in [0.717, 1.165) is 19.4 Å². The second kappa shape index (κ2) is 5.95. The first-order valence-corrected chi connectivity index (χ1v) is 7.39. The molecule has 1 rings (SSSR count). The van der Waals surface area contributed by atoms with Crippen LogP contribution in [0.2, 0.25) is 0 Å². The Hall–Kier alpha value is -0.170. The molecule has 1 aliphatic carbocycles. The quantitative estimate of drug-likeness (QED) is 0.605. The molecule has 16 heavy (non-hydrogen) atoms. The normalized spacial score (nSPS) is 25.8. The van der Waals surface area contributed by atoms with Gasteiger partial charge >= 0.3 is 0 Å². The zero-order valence-electron chi connectivity index (χ0n) is 10.0. The Morgan fingerprint density at radius 1 is 1.44 bits per heavy atom. The van der Waals surface area contributed by atoms with Gasteiger partial charge in [0.1, 0.15) is 0 Å². The monoisotopic (exact) mass is 250 g/mol. The van der Waals surface area contributed by atoms with E-state index in [4.69, 9.17) is 5.11 Å². The van der Waals surface area contributed by atoms with Gasteiger partial charge in [0, 0.05) is 20.1 Å². The third-order valence-electron chi connectivity index (χ3n) is 2.99. The molecule has 0 bridgehead atoms. The molecule has 1 fully saturated rings. The molecule has 0 aromatic carbocycles. The smallest absolute Gasteiger partial charge is 0.215 e. The molecular formula is C10H22N2O3S. The Labute approximate surface area is 97.9 Å². The molecule has 0 spiro atoms. The van der Waals surface area contributed by atoms with Crippen molar-refractivity contribution in [3.05, 3.63) is 0 Å². The summed E-state index contributed by atoms with van der Waals surface area (Å²) >= 11 is 0. The maximum Gasteiger partial charge on any atom is 0.215 e. The van der Waals surface area contributed by atoms with Gasteiger partial charge in [0.25, 0.3) is 0 Å². The zero-order valence-corrected chi connectivity index (χ0v) is 10.8. The fraction of sp³-hybridized carbons (Fsp3) is 1.00. The van der Waals surface area contributed by atoms with Crippen LogP contribution in [0, 0.1) is 5.92 Å². The lowest BCUT2D eigenvalue weighted by molar-refractivity contribution is 0.0367. The van der Waals surface area contributed by atoms with Gasteiger partial charge < -0.3 is 10.4 Å². The molecule has 5 nitrogen and oxygen atoms in total. The predicted octanol–water partition coefficient (Wildman–Crippen LogP) is -0.372. The standard InChI is InChI=1S/C10H22N2O3S/c1-3-11-4-5-16(14,15)12(2)8-9-6-10(13)7-9/h9-11,13H,3-8H2,1-2H3. The lowest BCUT2D eigenvalue weighted by Gasteiger charge is -2.34. The Morgan fingerprint density at radius 2 is 2.06 bits per heavy atom. The van der Waals surface area contributed by atoms with E-state index in [1.54, 1.807) is 7.05 Å². The number of aliphatic hydroxyl groups excluding tert-OH is 1. The minimum absolute atomic E-state index is 0.145. The van der Waals surface area contributed by atoms with Crippen LogP contribution >= 0.6 is 0 Å². The first kappa shape index (κ1) is 13.9. The molecule has 1 aliphatic rings. The average Bonchev–Trinajstić information content (AvgIpc) is 2.15. The molecule has 0 saturated heterocycles. The van der Waals surface area contributed by atoms with E-state index < -0.39 is 10.0 Å². The van der Waals surface area contributed by atoms with E-state index in [1.807, 2.05) is 6.92 Å². The van der Waals surface area contributed by atoms with Crippen molar-refractivity contribution in [2.75, 3.05) is 32.4 Å². The number of nitrogens with zero attached hydrogens (tertiary/aromatic N) is 1. The van der Waals surface area contributed by atoms with Crippen molar-refractivity contribution < 1.29 is 13.5 Å². The average molecular weight is 250 g/mol. The van der Waals surface area contributed by atoms with E-state index in [-0.39, 0.29) is 11.9 Å². The highest BCUT2D eigenvalue weighted by Gasteiger charge is 2.30. The summed E-state index contributed by atoms with van der Waals surface area (Å²) in [6.45, 7) is 3.77. The fourth-order valence-corrected chi connectivity index (χ4v) is 3.01. The van der Waals surface area contributed by atoms with E-state index in [2.05, 4.69) is 5.32 Å². The van der Waals surface area contributed by atoms with Crippen LogP contribution < -0.4 is 5.32 Å². The van der Waals surface area contributed by atoms with Crippen LogP contribution in [0.1, 0.15) is 19.8 Å². The molecular weight excluding hydrogens is 228 g/mol. The maximum atomic E-state index is 11.8. The topological polar surface area (TPSA) is 69.6 Å². The predicted molar refractivity (Wildman–Crippen MR) is 63.7 cm³/mol. The summed E-state index contributed by atoms with van der Waals surface area (Å²) in [6, 6.07) is 0. The van der Waals surface area contributed by atoms with Crippen LogP contribution in [-0.2, 0) is 10.0 Å². The molecule has 1 saturated carbocycles. The van der Waals surface area contributed by atoms with Gasteiger partial charge in [-0.05, 0) is 25.3 Å². The molecule has 0 atom stereocenters. The summed E-state index contributed by atoms with van der Waals surface area (Å²) in [6.07, 6.45) is 1.24. The van der Waals surface area contributed by atoms with Gasteiger partial charge in [-0.2, -0.15) is 0 Å². The number of sulfonamides is 1. The number of hydrogen-bond donors (Lipinski definition) is 2. The van der Waals surface area contributed by atoms with E-state index in [9.17, 15) is 8.42 Å². The van der Waals surface area contributed by atoms with Crippen molar-refractivity contribution in [3.63, 3.8) is 0 Å². The van der Waals surface area contributed by atoms with Gasteiger partial charge in [-0.15, -0.1) is 0 Å². The summed E-state index contributed by atoms with van der Waals surface area (Å²) in [5, 5.41) is 12.1. The number of nitrogens with one attached hydrogen (secondary N) is 1. The van der Waals surface area contributed by atoms with Gasteiger partial charge in [0.2, 0.25) is 10.0 Å². The molecule has 0 amide bonds. The third kappa shape index (κ3) is 4.01. The Morgan fingerprint density at radius 3 is 2.56 bits per heavy atom. The summed E-state index contributed by atoms with van der Waals surface area (Å²) in [7, 11) is -1.52. The molecule has 0 radical (unpaired) electrons. The number of aliphatic hydroxyl groups is 1. The molecule has 0 aliphatic heterocycles. The van der Waals surface area contributed by atoms with Crippen molar-refractivity contribution in [3.8, 4) is 0 Å². The molecule has 2 N–H and O–H groups in total. The van der Waals surface area contributed by atoms with Gasteiger partial charge in [0.05, 0.1) is 11.9 Å². The second-order valence-electron chi connectivity index (χ2n) is 4.44. The van der Waals surface area contributed by atoms with Gasteiger partial charge in [0.15, 0.2) is 0 Å². The molecule has 0 unspecified atom stereocenters. The highest BCUT2D eigenvalue weighted by molar-refractivity contribution is 7.89. The Bertz CT molecular complexity index is 299. The molecule has 0 aromatic rings. The zero-order chi connectivity index (χ0) is 12.2. The van der Waals surface area contributed by atoms with Crippen LogP contribution in [-0.4, -0.2) is 56.4 Å². The highest BCUT2D eigenvalue weighted by atomic mass is 32.2. The summed E-state index contributed by atoms with van der Waals surface area (Å²) in [5.41, 5.74) is 0. The van der Waals surface area contributed by atoms with Crippen molar-refractivity contribution in [1.82, 2.24) is 9.62 Å². The maximum absolute atomic E-state index is 11.8. The minimum atomic E-state index is -3.13. The largest absolute Gasteiger partial charge is 0.393 e. The SMILES string of the molecule is CCNCCS(=O)(=O)N(C)CC1CC(O)C1.